The number of benzene rings is 1. The van der Waals surface area contributed by atoms with Crippen molar-refractivity contribution in [1.29, 1.82) is 10.5 Å². The summed E-state index contributed by atoms with van der Waals surface area (Å²) in [4.78, 5) is 2.99. The van der Waals surface area contributed by atoms with E-state index in [9.17, 15) is 10.5 Å². The molecule has 3 N–H and O–H groups in total. The second-order valence-corrected chi connectivity index (χ2v) is 7.32. The highest BCUT2D eigenvalue weighted by Gasteiger charge is 3.04. The predicted octanol–water partition coefficient (Wildman–Crippen LogP) is 0.562. The Hall–Kier alpha value is -2.12. The third-order valence-corrected chi connectivity index (χ3v) is 6.32. The van der Waals surface area contributed by atoms with Gasteiger partial charge in [0, 0.05) is 5.02 Å². The van der Waals surface area contributed by atoms with Gasteiger partial charge in [-0.25, -0.2) is 4.99 Å². The first-order chi connectivity index (χ1) is 11.9. The molecular formula is C18H18ClN4O2+. The highest BCUT2D eigenvalue weighted by Crippen LogP contribution is 2.84. The Kier molecular flexibility index (Phi) is 3.10. The van der Waals surface area contributed by atoms with Gasteiger partial charge >= 0.3 is 5.91 Å². The number of nitrogens with two attached hydrogens (primary N) is 1. The number of nitrogens with zero attached hydrogens (tertiary/aromatic N) is 2. The van der Waals surface area contributed by atoms with Crippen LogP contribution in [-0.2, 0) is 14.9 Å². The summed E-state index contributed by atoms with van der Waals surface area (Å²) in [5.74, 6) is -1.20. The van der Waals surface area contributed by atoms with Crippen LogP contribution in [0.5, 0.6) is 0 Å². The third-order valence-electron chi connectivity index (χ3n) is 6.07. The van der Waals surface area contributed by atoms with Crippen LogP contribution in [0.2, 0.25) is 5.02 Å². The Balaban J connectivity index is 2.02. The molecule has 25 heavy (non-hydrogen) atoms. The molecule has 1 spiro atoms. The number of fused-ring (bicyclic) bond motifs is 2. The number of ether oxygens (including phenoxy) is 2. The van der Waals surface area contributed by atoms with Crippen LogP contribution in [0.3, 0.4) is 0 Å². The van der Waals surface area contributed by atoms with Crippen LogP contribution in [0.1, 0.15) is 25.8 Å². The zero-order valence-electron chi connectivity index (χ0n) is 14.0. The molecule has 128 valence electrons. The van der Waals surface area contributed by atoms with E-state index in [1.54, 1.807) is 12.1 Å². The molecular weight excluding hydrogens is 340 g/mol. The van der Waals surface area contributed by atoms with Crippen LogP contribution in [-0.4, -0.2) is 24.5 Å². The summed E-state index contributed by atoms with van der Waals surface area (Å²) >= 11 is 6.03. The fourth-order valence-electron chi connectivity index (χ4n) is 5.19. The maximum atomic E-state index is 10.3. The van der Waals surface area contributed by atoms with Crippen molar-refractivity contribution >= 4 is 17.4 Å². The standard InChI is InChI=1S/C18H17ClN4O2/c1-3-15(12-4-6-13(19)7-5-12)16(9-20)14(22)23-18(17(15,16)10-21)24-8-11(2)25-18/h4-7,11H,3,8H2,1-2H3,(H2,22,23)/p+1/t11-,15+,16-,17+,18+/m0/s1. The molecule has 1 aromatic carbocycles. The first kappa shape index (κ1) is 16.4. The molecule has 0 amide bonds. The number of rotatable bonds is 2. The maximum Gasteiger partial charge on any atom is 0.344 e. The van der Waals surface area contributed by atoms with Crippen LogP contribution in [0.25, 0.3) is 0 Å². The van der Waals surface area contributed by atoms with Crippen LogP contribution >= 0.6 is 11.6 Å². The first-order valence-electron chi connectivity index (χ1n) is 8.23. The quantitative estimate of drug-likeness (QED) is 0.804. The zero-order chi connectivity index (χ0) is 18.1. The summed E-state index contributed by atoms with van der Waals surface area (Å²) in [6.45, 7) is 4.14. The van der Waals surface area contributed by atoms with Crippen molar-refractivity contribution in [3.63, 3.8) is 0 Å². The molecule has 4 rings (SSSR count). The molecule has 0 aromatic heterocycles. The highest BCUT2D eigenvalue weighted by molar-refractivity contribution is 6.30. The van der Waals surface area contributed by atoms with E-state index in [1.807, 2.05) is 26.0 Å². The van der Waals surface area contributed by atoms with Crippen molar-refractivity contribution in [3.8, 4) is 12.1 Å². The molecule has 5 atom stereocenters. The SMILES string of the molecule is CC[C@@]1(c2ccc(Cl)cc2)[C@]2(C#N)C(N)=[NH+][C@@]3(OC[C@H](C)O3)[C@@]21C#N. The minimum Gasteiger partial charge on any atom is -0.311 e. The second kappa shape index (κ2) is 4.74. The summed E-state index contributed by atoms with van der Waals surface area (Å²) in [6.07, 6.45) is 0.321. The Morgan fingerprint density at radius 1 is 1.32 bits per heavy atom. The molecule has 1 saturated heterocycles. The molecule has 2 fully saturated rings. The summed E-state index contributed by atoms with van der Waals surface area (Å²) < 4.78 is 12.0. The number of nitrogens with one attached hydrogen (secondary N) is 1. The molecule has 2 heterocycles. The fraction of sp³-hybridized carbons (Fsp3) is 0.500. The number of halogens is 1. The van der Waals surface area contributed by atoms with E-state index >= 15 is 0 Å². The van der Waals surface area contributed by atoms with Gasteiger partial charge in [-0.3, -0.25) is 5.73 Å². The van der Waals surface area contributed by atoms with Crippen molar-refractivity contribution in [2.45, 2.75) is 37.7 Å². The molecule has 7 heteroatoms. The van der Waals surface area contributed by atoms with Crippen LogP contribution < -0.4 is 10.7 Å². The smallest absolute Gasteiger partial charge is 0.311 e. The Bertz CT molecular complexity index is 873. The van der Waals surface area contributed by atoms with Gasteiger partial charge in [0.1, 0.15) is 0 Å². The first-order valence-corrected chi connectivity index (χ1v) is 8.60. The average Bonchev–Trinajstić information content (AvgIpc) is 2.86. The van der Waals surface area contributed by atoms with Gasteiger partial charge in [-0.2, -0.15) is 10.5 Å². The molecule has 0 bridgehead atoms. The maximum absolute atomic E-state index is 10.3. The lowest BCUT2D eigenvalue weighted by atomic mass is 9.80. The topological polar surface area (TPSA) is 106 Å². The monoisotopic (exact) mass is 357 g/mol. The average molecular weight is 358 g/mol. The van der Waals surface area contributed by atoms with Gasteiger partial charge in [0.25, 0.3) is 5.84 Å². The summed E-state index contributed by atoms with van der Waals surface area (Å²) in [6, 6.07) is 11.9. The lowest BCUT2D eigenvalue weighted by molar-refractivity contribution is -0.679. The third kappa shape index (κ3) is 1.39. The van der Waals surface area contributed by atoms with E-state index in [2.05, 4.69) is 17.1 Å². The van der Waals surface area contributed by atoms with Crippen LogP contribution in [0.4, 0.5) is 0 Å². The molecule has 0 unspecified atom stereocenters. The highest BCUT2D eigenvalue weighted by atomic mass is 35.5. The van der Waals surface area contributed by atoms with Crippen LogP contribution in [0.15, 0.2) is 24.3 Å². The Morgan fingerprint density at radius 3 is 2.48 bits per heavy atom. The van der Waals surface area contributed by atoms with Crippen molar-refractivity contribution in [2.24, 2.45) is 16.6 Å². The van der Waals surface area contributed by atoms with Crippen molar-refractivity contribution < 1.29 is 14.5 Å². The van der Waals surface area contributed by atoms with Gasteiger partial charge in [-0.1, -0.05) is 30.7 Å². The molecule has 1 aromatic rings. The minimum atomic E-state index is -1.42. The normalized spacial score (nSPS) is 44.0. The molecule has 3 aliphatic rings. The van der Waals surface area contributed by atoms with Crippen LogP contribution in [0, 0.1) is 33.5 Å². The molecule has 2 aliphatic heterocycles. The zero-order valence-corrected chi connectivity index (χ0v) is 14.7. The molecule has 1 saturated carbocycles. The summed E-state index contributed by atoms with van der Waals surface area (Å²) in [7, 11) is 0. The van der Waals surface area contributed by atoms with Gasteiger partial charge in [0.05, 0.1) is 30.3 Å². The van der Waals surface area contributed by atoms with E-state index < -0.39 is 22.2 Å². The Morgan fingerprint density at radius 2 is 2.00 bits per heavy atom. The number of hydrogen-bond acceptors (Lipinski definition) is 5. The summed E-state index contributed by atoms with van der Waals surface area (Å²) in [5.41, 5.74) is 3.77. The van der Waals surface area contributed by atoms with Crippen molar-refractivity contribution in [2.75, 3.05) is 6.61 Å². The van der Waals surface area contributed by atoms with E-state index in [4.69, 9.17) is 26.8 Å². The predicted molar refractivity (Wildman–Crippen MR) is 88.9 cm³/mol. The Labute approximate surface area is 150 Å². The largest absolute Gasteiger partial charge is 0.344 e. The van der Waals surface area contributed by atoms with E-state index in [0.29, 0.717) is 18.1 Å². The minimum absolute atomic E-state index is 0.208. The molecule has 6 nitrogen and oxygen atoms in total. The molecule has 1 aliphatic carbocycles. The van der Waals surface area contributed by atoms with Gasteiger partial charge < -0.3 is 9.47 Å². The fourth-order valence-corrected chi connectivity index (χ4v) is 5.32. The molecule has 0 radical (unpaired) electrons. The van der Waals surface area contributed by atoms with E-state index in [1.165, 1.54) is 0 Å². The second-order valence-electron chi connectivity index (χ2n) is 6.88. The van der Waals surface area contributed by atoms with E-state index in [-0.39, 0.29) is 11.9 Å². The lowest BCUT2D eigenvalue weighted by Crippen LogP contribution is -2.90. The number of nitriles is 2. The van der Waals surface area contributed by atoms with Gasteiger partial charge in [0.15, 0.2) is 10.8 Å². The van der Waals surface area contributed by atoms with Crippen molar-refractivity contribution in [1.82, 2.24) is 0 Å². The van der Waals surface area contributed by atoms with Crippen molar-refractivity contribution in [3.05, 3.63) is 34.9 Å². The summed E-state index contributed by atoms with van der Waals surface area (Å²) in [5, 5.41) is 21.0. The number of amidine groups is 1. The number of hydrogen-bond donors (Lipinski definition) is 2. The lowest BCUT2D eigenvalue weighted by Gasteiger charge is -2.29. The van der Waals surface area contributed by atoms with Gasteiger partial charge in [-0.15, -0.1) is 0 Å². The van der Waals surface area contributed by atoms with Gasteiger partial charge in [-0.05, 0) is 31.0 Å². The van der Waals surface area contributed by atoms with E-state index in [0.717, 1.165) is 5.56 Å². The van der Waals surface area contributed by atoms with Gasteiger partial charge in [0.2, 0.25) is 0 Å².